The molecule has 0 aliphatic carbocycles. The topological polar surface area (TPSA) is 217 Å². The average Bonchev–Trinajstić information content (AvgIpc) is 3.92. The Morgan fingerprint density at radius 3 is 1.66 bits per heavy atom. The van der Waals surface area contributed by atoms with Crippen LogP contribution in [0, 0.1) is 0 Å². The molecule has 56 heavy (non-hydrogen) atoms. The second-order valence-electron chi connectivity index (χ2n) is 11.0. The zero-order chi connectivity index (χ0) is 40.6. The van der Waals surface area contributed by atoms with Crippen molar-refractivity contribution in [2.75, 3.05) is 50.0 Å². The Labute approximate surface area is 337 Å². The molecule has 0 atom stereocenters. The first-order valence-corrected chi connectivity index (χ1v) is 19.5. The number of amides is 3. The van der Waals surface area contributed by atoms with Crippen LogP contribution in [-0.2, 0) is 33.4 Å². The summed E-state index contributed by atoms with van der Waals surface area (Å²) in [6.45, 7) is 2.39. The molecular weight excluding hydrogens is 808 g/mol. The van der Waals surface area contributed by atoms with Crippen LogP contribution in [0.2, 0.25) is 5.02 Å². The summed E-state index contributed by atoms with van der Waals surface area (Å²) in [5.74, 6) is -0.599. The summed E-state index contributed by atoms with van der Waals surface area (Å²) in [5, 5.41) is 18.2. The predicted molar refractivity (Wildman–Crippen MR) is 217 cm³/mol. The van der Waals surface area contributed by atoms with Gasteiger partial charge in [0.05, 0.1) is 44.4 Å². The van der Waals surface area contributed by atoms with Crippen molar-refractivity contribution in [2.45, 2.75) is 33.1 Å². The zero-order valence-corrected chi connectivity index (χ0v) is 33.7. The number of hydrogen-bond acceptors (Lipinski definition) is 16. The summed E-state index contributed by atoms with van der Waals surface area (Å²) in [5.41, 5.74) is 2.22. The number of thiazole rings is 3. The number of rotatable bonds is 13. The second-order valence-corrected chi connectivity index (χ2v) is 14.5. The van der Waals surface area contributed by atoms with E-state index in [2.05, 4.69) is 30.9 Å². The summed E-state index contributed by atoms with van der Waals surface area (Å²) in [6.07, 6.45) is 1.25. The summed E-state index contributed by atoms with van der Waals surface area (Å²) >= 11 is 9.91. The highest BCUT2D eigenvalue weighted by Crippen LogP contribution is 2.31. The number of aliphatic hydroxyl groups is 1. The number of aromatic nitrogens is 3. The first kappa shape index (κ1) is 43.3. The second kappa shape index (κ2) is 21.6. The number of aliphatic hydroxyl groups excluding tert-OH is 1. The largest absolute Gasteiger partial charge is 0.497 e. The van der Waals surface area contributed by atoms with Gasteiger partial charge in [-0.15, -0.1) is 0 Å². The van der Waals surface area contributed by atoms with Crippen LogP contribution in [0.1, 0.15) is 33.1 Å². The number of ether oxygens (including phenoxy) is 4. The van der Waals surface area contributed by atoms with Crippen LogP contribution in [0.3, 0.4) is 0 Å². The molecule has 0 aliphatic rings. The Hall–Kier alpha value is -5.47. The molecule has 3 amide bonds. The quantitative estimate of drug-likeness (QED) is 0.0895. The minimum atomic E-state index is -0.552. The van der Waals surface area contributed by atoms with Gasteiger partial charge in [0.1, 0.15) is 23.6 Å². The molecule has 6 aromatic rings. The summed E-state index contributed by atoms with van der Waals surface area (Å²) in [7, 11) is 3.18. The van der Waals surface area contributed by atoms with Gasteiger partial charge >= 0.3 is 11.9 Å². The number of fused-ring (bicyclic) bond motifs is 3. The minimum absolute atomic E-state index is 0.244. The van der Waals surface area contributed by atoms with E-state index in [0.717, 1.165) is 36.6 Å². The molecule has 0 fully saturated rings. The molecule has 0 spiro atoms. The maximum atomic E-state index is 11.7. The molecule has 3 aromatic carbocycles. The van der Waals surface area contributed by atoms with E-state index in [9.17, 15) is 24.0 Å². The van der Waals surface area contributed by atoms with Gasteiger partial charge in [-0.2, -0.15) is 0 Å². The highest BCUT2D eigenvalue weighted by atomic mass is 35.5. The molecule has 0 radical (unpaired) electrons. The van der Waals surface area contributed by atoms with Crippen LogP contribution in [0.15, 0.2) is 54.6 Å². The third-order valence-corrected chi connectivity index (χ3v) is 10.0. The van der Waals surface area contributed by atoms with Gasteiger partial charge in [-0.05, 0) is 55.0 Å². The molecule has 0 aliphatic heterocycles. The highest BCUT2D eigenvalue weighted by molar-refractivity contribution is 7.23. The number of halogens is 1. The number of esters is 2. The van der Waals surface area contributed by atoms with Crippen LogP contribution in [0.4, 0.5) is 15.4 Å². The molecule has 16 nitrogen and oxygen atoms in total. The van der Waals surface area contributed by atoms with E-state index < -0.39 is 30.3 Å². The van der Waals surface area contributed by atoms with Gasteiger partial charge < -0.3 is 24.1 Å². The Balaban J connectivity index is 0.000000189. The molecule has 6 rings (SSSR count). The number of carbonyl (C=O) groups excluding carboxylic acids is 5. The van der Waals surface area contributed by atoms with Crippen LogP contribution in [0.5, 0.6) is 11.5 Å². The summed E-state index contributed by atoms with van der Waals surface area (Å²) in [4.78, 5) is 69.0. The zero-order valence-electron chi connectivity index (χ0n) is 30.5. The van der Waals surface area contributed by atoms with E-state index in [0.29, 0.717) is 38.8 Å². The molecule has 296 valence electrons. The fraction of sp³-hybridized carbons (Fsp3) is 0.278. The summed E-state index contributed by atoms with van der Waals surface area (Å²) < 4.78 is 22.5. The average molecular weight is 845 g/mol. The molecule has 0 bridgehead atoms. The smallest absolute Gasteiger partial charge is 0.306 e. The Bertz CT molecular complexity index is 2310. The van der Waals surface area contributed by atoms with E-state index >= 15 is 0 Å². The maximum Gasteiger partial charge on any atom is 0.306 e. The molecule has 0 saturated carbocycles. The van der Waals surface area contributed by atoms with Gasteiger partial charge in [0.2, 0.25) is 0 Å². The fourth-order valence-corrected chi connectivity index (χ4v) is 7.28. The lowest BCUT2D eigenvalue weighted by molar-refractivity contribution is -0.147. The van der Waals surface area contributed by atoms with Gasteiger partial charge in [0.15, 0.2) is 28.6 Å². The van der Waals surface area contributed by atoms with Crippen LogP contribution in [0.25, 0.3) is 30.6 Å². The number of benzene rings is 3. The fourth-order valence-electron chi connectivity index (χ4n) is 4.28. The lowest BCUT2D eigenvalue weighted by Crippen LogP contribution is -2.20. The SMILES string of the molecule is CCC(=O)OCC(=O)Nc1nc2ccc(OC)cc2s1.CCCC(=O)OCC(=O)Nc1nc2ccc(OC)cc2s1.O=C(CO)Nc1nc2c(Cl)cccc2s1. The first-order chi connectivity index (χ1) is 26.9. The molecule has 0 saturated heterocycles. The third kappa shape index (κ3) is 13.1. The molecule has 4 N–H and O–H groups in total. The molecule has 3 heterocycles. The van der Waals surface area contributed by atoms with Gasteiger partial charge in [-0.3, -0.25) is 39.9 Å². The number of anilines is 3. The predicted octanol–water partition coefficient (Wildman–Crippen LogP) is 6.66. The lowest BCUT2D eigenvalue weighted by atomic mass is 10.3. The van der Waals surface area contributed by atoms with Gasteiger partial charge in [0, 0.05) is 12.8 Å². The van der Waals surface area contributed by atoms with Gasteiger partial charge in [-0.25, -0.2) is 15.0 Å². The lowest BCUT2D eigenvalue weighted by Gasteiger charge is -2.03. The monoisotopic (exact) mass is 844 g/mol. The molecule has 20 heteroatoms. The van der Waals surface area contributed by atoms with Crippen molar-refractivity contribution < 1.29 is 48.0 Å². The van der Waals surface area contributed by atoms with Crippen molar-refractivity contribution in [1.29, 1.82) is 0 Å². The van der Waals surface area contributed by atoms with Gasteiger partial charge in [0.25, 0.3) is 17.7 Å². The number of carbonyl (C=O) groups is 5. The summed E-state index contributed by atoms with van der Waals surface area (Å²) in [6, 6.07) is 16.4. The van der Waals surface area contributed by atoms with Crippen molar-refractivity contribution in [3.8, 4) is 11.5 Å². The highest BCUT2D eigenvalue weighted by Gasteiger charge is 2.13. The minimum Gasteiger partial charge on any atom is -0.497 e. The Morgan fingerprint density at radius 1 is 0.679 bits per heavy atom. The molecule has 0 unspecified atom stereocenters. The van der Waals surface area contributed by atoms with Crippen LogP contribution >= 0.6 is 45.6 Å². The first-order valence-electron chi connectivity index (χ1n) is 16.7. The Kier molecular flexibility index (Phi) is 16.7. The van der Waals surface area contributed by atoms with E-state index in [1.807, 2.05) is 43.3 Å². The number of nitrogens with one attached hydrogen (secondary N) is 3. The number of para-hydroxylation sites is 1. The maximum absolute atomic E-state index is 11.7. The molecule has 3 aromatic heterocycles. The van der Waals surface area contributed by atoms with Crippen molar-refractivity contribution in [1.82, 2.24) is 15.0 Å². The number of methoxy groups -OCH3 is 2. The van der Waals surface area contributed by atoms with E-state index in [4.69, 9.17) is 35.7 Å². The van der Waals surface area contributed by atoms with Crippen molar-refractivity contribution in [2.24, 2.45) is 0 Å². The normalized spacial score (nSPS) is 10.4. The van der Waals surface area contributed by atoms with E-state index in [1.165, 1.54) is 34.0 Å². The standard InChI is InChI=1S/C14H16N2O4S.C13H14N2O4S.C9H7ClN2O2S/c1-3-4-13(18)20-8-12(17)16-14-15-10-6-5-9(19-2)7-11(10)21-14;1-3-12(17)19-7-11(16)15-13-14-9-5-4-8(18-2)6-10(9)20-13;10-5-2-1-3-6-8(5)12-9(15-6)11-7(14)4-13/h5-7H,3-4,8H2,1-2H3,(H,15,16,17);4-6H,3,7H2,1-2H3,(H,14,15,16);1-3,13H,4H2,(H,11,12,14). The van der Waals surface area contributed by atoms with Crippen molar-refractivity contribution in [3.05, 3.63) is 59.6 Å². The van der Waals surface area contributed by atoms with E-state index in [1.54, 1.807) is 39.3 Å². The van der Waals surface area contributed by atoms with Crippen molar-refractivity contribution in [3.63, 3.8) is 0 Å². The number of nitrogens with zero attached hydrogens (tertiary/aromatic N) is 3. The van der Waals surface area contributed by atoms with Crippen LogP contribution in [-0.4, -0.2) is 83.8 Å². The molecular formula is C36H37ClN6O10S3. The van der Waals surface area contributed by atoms with Crippen LogP contribution < -0.4 is 25.4 Å². The number of hydrogen-bond donors (Lipinski definition) is 4. The Morgan fingerprint density at radius 2 is 1.18 bits per heavy atom. The third-order valence-electron chi connectivity index (χ3n) is 6.91. The van der Waals surface area contributed by atoms with E-state index in [-0.39, 0.29) is 25.6 Å². The van der Waals surface area contributed by atoms with Gasteiger partial charge in [-0.1, -0.05) is 65.5 Å². The van der Waals surface area contributed by atoms with Crippen molar-refractivity contribution >= 4 is 121 Å².